The van der Waals surface area contributed by atoms with Gasteiger partial charge in [0.15, 0.2) is 6.29 Å². The largest absolute Gasteiger partial charge is 0.377 e. The minimum Gasteiger partial charge on any atom is -0.377 e. The van der Waals surface area contributed by atoms with Crippen molar-refractivity contribution in [3.8, 4) is 0 Å². The van der Waals surface area contributed by atoms with Gasteiger partial charge in [0.25, 0.3) is 0 Å². The maximum absolute atomic E-state index is 9.57. The molecule has 0 amide bonds. The number of unbranched alkanes of at least 4 members (excludes halogenated alkanes) is 9. The van der Waals surface area contributed by atoms with Crippen LogP contribution in [0.5, 0.6) is 0 Å². The summed E-state index contributed by atoms with van der Waals surface area (Å²) in [5.41, 5.74) is 7.56. The van der Waals surface area contributed by atoms with Crippen molar-refractivity contribution < 1.29 is 24.9 Å². The monoisotopic (exact) mass is 350 g/mol. The third-order valence-corrected chi connectivity index (χ3v) is 3.92. The molecular formula is C17H38N2O5. The summed E-state index contributed by atoms with van der Waals surface area (Å²) in [5.74, 6) is 0. The molecule has 0 bridgehead atoms. The highest BCUT2D eigenvalue weighted by Gasteiger charge is 2.04. The van der Waals surface area contributed by atoms with Gasteiger partial charge in [-0.1, -0.05) is 51.4 Å². The zero-order valence-corrected chi connectivity index (χ0v) is 15.2. The lowest BCUT2D eigenvalue weighted by atomic mass is 10.0. The normalized spacial score (nSPS) is 15.4. The molecule has 0 aromatic rings. The molecule has 0 fully saturated rings. The van der Waals surface area contributed by atoms with Crippen LogP contribution in [-0.4, -0.2) is 47.8 Å². The Kier molecular flexibility index (Phi) is 17.3. The number of nitrogens with two attached hydrogens (primary N) is 1. The molecule has 0 rings (SSSR count). The SMILES string of the molecule is COC(O)CCCCCCCCCCCCC(O)NOCC(N)O. The molecule has 0 saturated heterocycles. The number of hydroxylamine groups is 1. The maximum atomic E-state index is 9.57. The molecule has 0 aromatic heterocycles. The van der Waals surface area contributed by atoms with Crippen LogP contribution in [0.1, 0.15) is 77.0 Å². The van der Waals surface area contributed by atoms with Crippen LogP contribution in [0, 0.1) is 0 Å². The van der Waals surface area contributed by atoms with E-state index in [9.17, 15) is 10.2 Å². The second kappa shape index (κ2) is 17.5. The first-order chi connectivity index (χ1) is 11.6. The van der Waals surface area contributed by atoms with Crippen molar-refractivity contribution in [1.82, 2.24) is 5.48 Å². The molecule has 0 aromatic carbocycles. The molecule has 0 saturated carbocycles. The van der Waals surface area contributed by atoms with Crippen LogP contribution in [0.3, 0.4) is 0 Å². The van der Waals surface area contributed by atoms with E-state index in [1.54, 1.807) is 0 Å². The summed E-state index contributed by atoms with van der Waals surface area (Å²) >= 11 is 0. The lowest BCUT2D eigenvalue weighted by Gasteiger charge is -2.13. The average Bonchev–Trinajstić information content (AvgIpc) is 2.55. The molecule has 0 aliphatic heterocycles. The molecule has 3 atom stereocenters. The third-order valence-electron chi connectivity index (χ3n) is 3.92. The fraction of sp³-hybridized carbons (Fsp3) is 1.00. The zero-order chi connectivity index (χ0) is 18.0. The van der Waals surface area contributed by atoms with Gasteiger partial charge in [-0.15, -0.1) is 0 Å². The van der Waals surface area contributed by atoms with Crippen LogP contribution < -0.4 is 11.2 Å². The minimum atomic E-state index is -1.03. The molecule has 6 N–H and O–H groups in total. The Morgan fingerprint density at radius 3 is 1.71 bits per heavy atom. The summed E-state index contributed by atoms with van der Waals surface area (Å²) in [6, 6.07) is 0. The Balaban J connectivity index is 3.14. The fourth-order valence-electron chi connectivity index (χ4n) is 2.48. The number of methoxy groups -OCH3 is 1. The molecule has 7 nitrogen and oxygen atoms in total. The van der Waals surface area contributed by atoms with Crippen LogP contribution in [0.15, 0.2) is 0 Å². The molecule has 0 heterocycles. The van der Waals surface area contributed by atoms with Crippen LogP contribution in [0.2, 0.25) is 0 Å². The van der Waals surface area contributed by atoms with E-state index in [4.69, 9.17) is 20.4 Å². The average molecular weight is 350 g/mol. The first-order valence-corrected chi connectivity index (χ1v) is 9.26. The molecule has 0 aliphatic rings. The first-order valence-electron chi connectivity index (χ1n) is 9.26. The Bertz CT molecular complexity index is 257. The van der Waals surface area contributed by atoms with E-state index in [1.807, 2.05) is 0 Å². The summed E-state index contributed by atoms with van der Waals surface area (Å²) in [4.78, 5) is 4.83. The molecule has 0 aliphatic carbocycles. The van der Waals surface area contributed by atoms with E-state index in [0.29, 0.717) is 6.42 Å². The number of aliphatic hydroxyl groups is 3. The predicted molar refractivity (Wildman–Crippen MR) is 93.7 cm³/mol. The second-order valence-electron chi connectivity index (χ2n) is 6.32. The standard InChI is InChI=1S/C17H38N2O5/c1-23-17(22)13-11-9-7-5-3-2-4-6-8-10-12-16(21)19-24-14-15(18)20/h15-17,19-22H,2-14,18H2,1H3. The van der Waals surface area contributed by atoms with Gasteiger partial charge < -0.3 is 25.8 Å². The molecule has 24 heavy (non-hydrogen) atoms. The van der Waals surface area contributed by atoms with Gasteiger partial charge in [0.1, 0.15) is 19.1 Å². The highest BCUT2D eigenvalue weighted by atomic mass is 16.7. The van der Waals surface area contributed by atoms with Gasteiger partial charge in [-0.05, 0) is 25.7 Å². The molecule has 146 valence electrons. The van der Waals surface area contributed by atoms with Gasteiger partial charge in [0.05, 0.1) is 0 Å². The lowest BCUT2D eigenvalue weighted by Crippen LogP contribution is -2.34. The summed E-state index contributed by atoms with van der Waals surface area (Å²) in [6.45, 7) is -0.0377. The first kappa shape index (κ1) is 23.7. The smallest absolute Gasteiger partial charge is 0.154 e. The van der Waals surface area contributed by atoms with E-state index < -0.39 is 18.7 Å². The van der Waals surface area contributed by atoms with Gasteiger partial charge in [-0.3, -0.25) is 4.84 Å². The number of rotatable bonds is 18. The Labute approximate surface area is 146 Å². The Morgan fingerprint density at radius 2 is 1.25 bits per heavy atom. The van der Waals surface area contributed by atoms with E-state index in [-0.39, 0.29) is 6.61 Å². The van der Waals surface area contributed by atoms with Crippen LogP contribution in [0.25, 0.3) is 0 Å². The third kappa shape index (κ3) is 18.1. The summed E-state index contributed by atoms with van der Waals surface area (Å²) < 4.78 is 4.80. The van der Waals surface area contributed by atoms with Crippen molar-refractivity contribution in [3.63, 3.8) is 0 Å². The van der Waals surface area contributed by atoms with Crippen molar-refractivity contribution in [2.75, 3.05) is 13.7 Å². The summed E-state index contributed by atoms with van der Waals surface area (Å²) in [7, 11) is 1.53. The van der Waals surface area contributed by atoms with Crippen molar-refractivity contribution in [1.29, 1.82) is 0 Å². The second-order valence-corrected chi connectivity index (χ2v) is 6.32. The Morgan fingerprint density at radius 1 is 0.792 bits per heavy atom. The number of hydrogen-bond acceptors (Lipinski definition) is 7. The number of ether oxygens (including phenoxy) is 1. The van der Waals surface area contributed by atoms with Gasteiger partial charge in [-0.25, -0.2) is 0 Å². The molecule has 7 heteroatoms. The number of aliphatic hydroxyl groups excluding tert-OH is 3. The maximum Gasteiger partial charge on any atom is 0.154 e. The van der Waals surface area contributed by atoms with Gasteiger partial charge in [-0.2, -0.15) is 5.48 Å². The zero-order valence-electron chi connectivity index (χ0n) is 15.2. The molecule has 0 radical (unpaired) electrons. The van der Waals surface area contributed by atoms with E-state index in [1.165, 1.54) is 45.6 Å². The van der Waals surface area contributed by atoms with Crippen molar-refractivity contribution >= 4 is 0 Å². The summed E-state index contributed by atoms with van der Waals surface area (Å²) in [5, 5.41) is 27.6. The van der Waals surface area contributed by atoms with Gasteiger partial charge in [0, 0.05) is 7.11 Å². The molecule has 0 spiro atoms. The van der Waals surface area contributed by atoms with Gasteiger partial charge in [0.2, 0.25) is 0 Å². The van der Waals surface area contributed by atoms with Crippen LogP contribution >= 0.6 is 0 Å². The highest BCUT2D eigenvalue weighted by Crippen LogP contribution is 2.13. The lowest BCUT2D eigenvalue weighted by molar-refractivity contribution is -0.0851. The van der Waals surface area contributed by atoms with Gasteiger partial charge >= 0.3 is 0 Å². The fourth-order valence-corrected chi connectivity index (χ4v) is 2.48. The van der Waals surface area contributed by atoms with Crippen molar-refractivity contribution in [2.45, 2.75) is 95.8 Å². The minimum absolute atomic E-state index is 0.0377. The topological polar surface area (TPSA) is 117 Å². The quantitative estimate of drug-likeness (QED) is 0.145. The van der Waals surface area contributed by atoms with E-state index >= 15 is 0 Å². The van der Waals surface area contributed by atoms with Crippen molar-refractivity contribution in [3.05, 3.63) is 0 Å². The molecule has 3 unspecified atom stereocenters. The predicted octanol–water partition coefficient (Wildman–Crippen LogP) is 1.75. The Hall–Kier alpha value is -0.280. The summed E-state index contributed by atoms with van der Waals surface area (Å²) in [6.07, 6.45) is 10.7. The van der Waals surface area contributed by atoms with E-state index in [2.05, 4.69) is 5.48 Å². The molecular weight excluding hydrogens is 312 g/mol. The van der Waals surface area contributed by atoms with Crippen LogP contribution in [0.4, 0.5) is 0 Å². The number of hydrogen-bond donors (Lipinski definition) is 5. The number of nitrogens with one attached hydrogen (secondary N) is 1. The van der Waals surface area contributed by atoms with Crippen LogP contribution in [-0.2, 0) is 9.57 Å². The highest BCUT2D eigenvalue weighted by molar-refractivity contribution is 4.52. The van der Waals surface area contributed by atoms with E-state index in [0.717, 1.165) is 32.1 Å². The van der Waals surface area contributed by atoms with Crippen molar-refractivity contribution in [2.24, 2.45) is 5.73 Å².